The molecular formula is C14H22ClNS. The smallest absolute Gasteiger partial charge is 0.0417 e. The second-order valence-electron chi connectivity index (χ2n) is 4.60. The van der Waals surface area contributed by atoms with E-state index in [1.54, 1.807) is 0 Å². The van der Waals surface area contributed by atoms with E-state index in [-0.39, 0.29) is 0 Å². The van der Waals surface area contributed by atoms with Crippen LogP contribution in [0.4, 0.5) is 0 Å². The van der Waals surface area contributed by atoms with Crippen LogP contribution in [0.3, 0.4) is 0 Å². The molecule has 0 heterocycles. The molecule has 0 aliphatic heterocycles. The zero-order valence-corrected chi connectivity index (χ0v) is 12.7. The summed E-state index contributed by atoms with van der Waals surface area (Å²) in [6.07, 6.45) is 0. The van der Waals surface area contributed by atoms with E-state index in [4.69, 9.17) is 11.6 Å². The van der Waals surface area contributed by atoms with Crippen LogP contribution in [-0.2, 0) is 6.54 Å². The van der Waals surface area contributed by atoms with Crippen molar-refractivity contribution in [2.45, 2.75) is 44.4 Å². The number of thioether (sulfide) groups is 1. The first-order valence-electron chi connectivity index (χ1n) is 6.20. The molecule has 1 aromatic rings. The molecule has 0 saturated heterocycles. The minimum atomic E-state index is 0.605. The van der Waals surface area contributed by atoms with Gasteiger partial charge in [-0.3, -0.25) is 0 Å². The summed E-state index contributed by atoms with van der Waals surface area (Å²) in [5.74, 6) is 0.672. The summed E-state index contributed by atoms with van der Waals surface area (Å²) in [6, 6.07) is 6.18. The first-order chi connectivity index (χ1) is 8.04. The molecule has 0 radical (unpaired) electrons. The van der Waals surface area contributed by atoms with Crippen molar-refractivity contribution < 1.29 is 0 Å². The molecule has 0 saturated carbocycles. The Labute approximate surface area is 114 Å². The number of hydrogen-bond acceptors (Lipinski definition) is 2. The van der Waals surface area contributed by atoms with E-state index in [2.05, 4.69) is 45.1 Å². The summed E-state index contributed by atoms with van der Waals surface area (Å²) in [5.41, 5.74) is 1.34. The van der Waals surface area contributed by atoms with Gasteiger partial charge in [-0.2, -0.15) is 0 Å². The van der Waals surface area contributed by atoms with Gasteiger partial charge < -0.3 is 5.32 Å². The number of hydrogen-bond donors (Lipinski definition) is 1. The Morgan fingerprint density at radius 3 is 2.59 bits per heavy atom. The van der Waals surface area contributed by atoms with Crippen LogP contribution in [-0.4, -0.2) is 11.8 Å². The molecule has 3 heteroatoms. The molecule has 0 bridgehead atoms. The fraction of sp³-hybridized carbons (Fsp3) is 0.571. The Bertz CT molecular complexity index is 352. The third-order valence-electron chi connectivity index (χ3n) is 2.85. The Balaban J connectivity index is 2.82. The molecule has 0 fully saturated rings. The molecule has 1 atom stereocenters. The van der Waals surface area contributed by atoms with Gasteiger partial charge in [0.2, 0.25) is 0 Å². The van der Waals surface area contributed by atoms with Crippen LogP contribution in [0.25, 0.3) is 0 Å². The van der Waals surface area contributed by atoms with E-state index in [0.717, 1.165) is 18.1 Å². The first-order valence-corrected chi connectivity index (χ1v) is 7.46. The lowest BCUT2D eigenvalue weighted by Gasteiger charge is -2.17. The van der Waals surface area contributed by atoms with Crippen LogP contribution in [0.1, 0.15) is 33.3 Å². The number of benzene rings is 1. The van der Waals surface area contributed by atoms with E-state index in [1.165, 1.54) is 10.5 Å². The van der Waals surface area contributed by atoms with Crippen LogP contribution in [0, 0.1) is 5.92 Å². The lowest BCUT2D eigenvalue weighted by Crippen LogP contribution is -2.13. The molecule has 0 spiro atoms. The summed E-state index contributed by atoms with van der Waals surface area (Å²) < 4.78 is 0. The van der Waals surface area contributed by atoms with Crippen LogP contribution in [0.15, 0.2) is 23.1 Å². The summed E-state index contributed by atoms with van der Waals surface area (Å²) >= 11 is 8.00. The van der Waals surface area contributed by atoms with Gasteiger partial charge in [0, 0.05) is 21.7 Å². The van der Waals surface area contributed by atoms with Gasteiger partial charge in [0.1, 0.15) is 0 Å². The van der Waals surface area contributed by atoms with Gasteiger partial charge in [0.25, 0.3) is 0 Å². The average molecular weight is 272 g/mol. The van der Waals surface area contributed by atoms with Crippen molar-refractivity contribution in [1.82, 2.24) is 5.32 Å². The highest BCUT2D eigenvalue weighted by Gasteiger charge is 2.12. The summed E-state index contributed by atoms with van der Waals surface area (Å²) in [4.78, 5) is 1.31. The molecule has 0 aliphatic carbocycles. The second-order valence-corrected chi connectivity index (χ2v) is 6.45. The van der Waals surface area contributed by atoms with E-state index in [9.17, 15) is 0 Å². The molecule has 1 N–H and O–H groups in total. The van der Waals surface area contributed by atoms with Gasteiger partial charge in [-0.05, 0) is 30.2 Å². The van der Waals surface area contributed by atoms with Crippen molar-refractivity contribution in [3.05, 3.63) is 28.8 Å². The molecule has 0 aliphatic rings. The minimum Gasteiger partial charge on any atom is -0.313 e. The van der Waals surface area contributed by atoms with Gasteiger partial charge in [0.05, 0.1) is 0 Å². The summed E-state index contributed by atoms with van der Waals surface area (Å²) in [7, 11) is 0. The number of nitrogens with one attached hydrogen (secondary N) is 1. The van der Waals surface area contributed by atoms with E-state index >= 15 is 0 Å². The van der Waals surface area contributed by atoms with Crippen molar-refractivity contribution in [2.75, 3.05) is 6.54 Å². The van der Waals surface area contributed by atoms with E-state index < -0.39 is 0 Å². The fourth-order valence-electron chi connectivity index (χ4n) is 1.38. The van der Waals surface area contributed by atoms with E-state index in [1.807, 2.05) is 17.8 Å². The van der Waals surface area contributed by atoms with Gasteiger partial charge in [-0.1, -0.05) is 45.4 Å². The lowest BCUT2D eigenvalue weighted by molar-refractivity contribution is 0.641. The van der Waals surface area contributed by atoms with Gasteiger partial charge >= 0.3 is 0 Å². The molecule has 96 valence electrons. The highest BCUT2D eigenvalue weighted by atomic mass is 35.5. The van der Waals surface area contributed by atoms with Crippen molar-refractivity contribution in [1.29, 1.82) is 0 Å². The van der Waals surface area contributed by atoms with Crippen LogP contribution >= 0.6 is 23.4 Å². The van der Waals surface area contributed by atoms with Crippen LogP contribution in [0.2, 0.25) is 5.02 Å². The predicted molar refractivity (Wildman–Crippen MR) is 79.0 cm³/mol. The molecule has 17 heavy (non-hydrogen) atoms. The second kappa shape index (κ2) is 7.30. The third kappa shape index (κ3) is 4.90. The molecule has 1 rings (SSSR count). The minimum absolute atomic E-state index is 0.605. The van der Waals surface area contributed by atoms with Crippen LogP contribution in [0.5, 0.6) is 0 Å². The van der Waals surface area contributed by atoms with Gasteiger partial charge in [0.15, 0.2) is 0 Å². The Hall–Kier alpha value is -0.180. The summed E-state index contributed by atoms with van der Waals surface area (Å²) in [5, 5.41) is 4.80. The molecular weight excluding hydrogens is 250 g/mol. The van der Waals surface area contributed by atoms with Gasteiger partial charge in [-0.25, -0.2) is 0 Å². The maximum Gasteiger partial charge on any atom is 0.0417 e. The summed E-state index contributed by atoms with van der Waals surface area (Å²) in [6.45, 7) is 10.8. The number of rotatable bonds is 6. The van der Waals surface area contributed by atoms with Crippen LogP contribution < -0.4 is 5.32 Å². The Kier molecular flexibility index (Phi) is 6.39. The Morgan fingerprint density at radius 2 is 2.00 bits per heavy atom. The maximum atomic E-state index is 6.08. The van der Waals surface area contributed by atoms with Crippen molar-refractivity contribution in [2.24, 2.45) is 5.92 Å². The highest BCUT2D eigenvalue weighted by Crippen LogP contribution is 2.32. The first kappa shape index (κ1) is 14.9. The standard InChI is InChI=1S/C14H22ClNS/c1-5-16-9-12-6-7-13(15)8-14(12)17-11(4)10(2)3/h6-8,10-11,16H,5,9H2,1-4H3. The zero-order valence-electron chi connectivity index (χ0n) is 11.1. The molecule has 1 aromatic carbocycles. The largest absolute Gasteiger partial charge is 0.313 e. The number of halogens is 1. The monoisotopic (exact) mass is 271 g/mol. The zero-order chi connectivity index (χ0) is 12.8. The molecule has 0 amide bonds. The molecule has 1 nitrogen and oxygen atoms in total. The SMILES string of the molecule is CCNCc1ccc(Cl)cc1SC(C)C(C)C. The fourth-order valence-corrected chi connectivity index (χ4v) is 2.78. The lowest BCUT2D eigenvalue weighted by atomic mass is 10.2. The quantitative estimate of drug-likeness (QED) is 0.760. The normalized spacial score (nSPS) is 13.1. The Morgan fingerprint density at radius 1 is 1.29 bits per heavy atom. The predicted octanol–water partition coefficient (Wildman–Crippen LogP) is 4.59. The van der Waals surface area contributed by atoms with Gasteiger partial charge in [-0.15, -0.1) is 11.8 Å². The topological polar surface area (TPSA) is 12.0 Å². The van der Waals surface area contributed by atoms with Crippen molar-refractivity contribution in [3.63, 3.8) is 0 Å². The third-order valence-corrected chi connectivity index (χ3v) is 4.63. The van der Waals surface area contributed by atoms with E-state index in [0.29, 0.717) is 11.2 Å². The average Bonchev–Trinajstić information content (AvgIpc) is 2.28. The van der Waals surface area contributed by atoms with Crippen molar-refractivity contribution in [3.8, 4) is 0 Å². The molecule has 1 unspecified atom stereocenters. The highest BCUT2D eigenvalue weighted by molar-refractivity contribution is 8.00. The van der Waals surface area contributed by atoms with Crippen molar-refractivity contribution >= 4 is 23.4 Å². The molecule has 0 aromatic heterocycles. The maximum absolute atomic E-state index is 6.08.